The number of ether oxygens (including phenoxy) is 3. The van der Waals surface area contributed by atoms with Gasteiger partial charge in [0, 0.05) is 26.1 Å². The molecular formula is C23H43N3O7. The zero-order valence-corrected chi connectivity index (χ0v) is 21.7. The van der Waals surface area contributed by atoms with E-state index in [0.29, 0.717) is 6.54 Å². The van der Waals surface area contributed by atoms with Gasteiger partial charge in [-0.15, -0.1) is 0 Å². The molecule has 0 aromatic heterocycles. The number of carbonyl (C=O) groups excluding carboxylic acids is 4. The fraction of sp³-hybridized carbons (Fsp3) is 0.826. The lowest BCUT2D eigenvalue weighted by molar-refractivity contribution is -0.158. The van der Waals surface area contributed by atoms with Crippen LogP contribution in [0.1, 0.15) is 81.6 Å². The van der Waals surface area contributed by atoms with Crippen LogP contribution in [-0.4, -0.2) is 71.3 Å². The molecule has 0 aliphatic heterocycles. The lowest BCUT2D eigenvalue weighted by atomic mass is 10.1. The predicted octanol–water partition coefficient (Wildman–Crippen LogP) is 2.52. The third kappa shape index (κ3) is 16.0. The SMILES string of the molecule is CC(C)(C)OC(=O)CC(CC(=O)OC(C)(C)C)N(CCC(=O)NCCN)C(=O)OC(C)(C)C. The Bertz CT molecular complexity index is 643. The summed E-state index contributed by atoms with van der Waals surface area (Å²) in [6.07, 6.45) is -1.33. The highest BCUT2D eigenvalue weighted by Crippen LogP contribution is 2.20. The monoisotopic (exact) mass is 473 g/mol. The van der Waals surface area contributed by atoms with Crippen LogP contribution in [0, 0.1) is 0 Å². The first kappa shape index (κ1) is 30.6. The minimum absolute atomic E-state index is 0.0572. The van der Waals surface area contributed by atoms with Gasteiger partial charge in [-0.05, 0) is 62.3 Å². The van der Waals surface area contributed by atoms with Gasteiger partial charge in [-0.2, -0.15) is 0 Å². The lowest BCUT2D eigenvalue weighted by Crippen LogP contribution is -2.47. The van der Waals surface area contributed by atoms with Crippen molar-refractivity contribution in [1.29, 1.82) is 0 Å². The van der Waals surface area contributed by atoms with Gasteiger partial charge < -0.3 is 30.2 Å². The first-order chi connectivity index (χ1) is 14.8. The molecule has 0 spiro atoms. The van der Waals surface area contributed by atoms with Gasteiger partial charge in [0.15, 0.2) is 0 Å². The molecule has 0 aromatic rings. The molecule has 0 aliphatic rings. The third-order valence-electron chi connectivity index (χ3n) is 3.76. The second-order valence-corrected chi connectivity index (χ2v) is 10.8. The van der Waals surface area contributed by atoms with Crippen molar-refractivity contribution in [2.45, 2.75) is 104 Å². The Labute approximate surface area is 197 Å². The van der Waals surface area contributed by atoms with E-state index in [9.17, 15) is 19.2 Å². The van der Waals surface area contributed by atoms with E-state index < -0.39 is 40.9 Å². The van der Waals surface area contributed by atoms with Crippen molar-refractivity contribution < 1.29 is 33.4 Å². The molecule has 0 radical (unpaired) electrons. The molecule has 0 saturated carbocycles. The van der Waals surface area contributed by atoms with Crippen LogP contribution >= 0.6 is 0 Å². The fourth-order valence-corrected chi connectivity index (χ4v) is 2.71. The van der Waals surface area contributed by atoms with Crippen LogP contribution in [0.25, 0.3) is 0 Å². The van der Waals surface area contributed by atoms with Gasteiger partial charge in [-0.1, -0.05) is 0 Å². The van der Waals surface area contributed by atoms with Crippen LogP contribution < -0.4 is 11.1 Å². The van der Waals surface area contributed by atoms with Gasteiger partial charge in [0.05, 0.1) is 18.9 Å². The van der Waals surface area contributed by atoms with Crippen molar-refractivity contribution in [2.24, 2.45) is 5.73 Å². The molecule has 0 aliphatic carbocycles. The highest BCUT2D eigenvalue weighted by atomic mass is 16.6. The summed E-state index contributed by atoms with van der Waals surface area (Å²) in [6.45, 7) is 16.0. The van der Waals surface area contributed by atoms with E-state index >= 15 is 0 Å². The molecule has 10 nitrogen and oxygen atoms in total. The number of nitrogens with one attached hydrogen (secondary N) is 1. The van der Waals surface area contributed by atoms with Crippen molar-refractivity contribution in [1.82, 2.24) is 10.2 Å². The second-order valence-electron chi connectivity index (χ2n) is 10.8. The van der Waals surface area contributed by atoms with Crippen LogP contribution in [-0.2, 0) is 28.6 Å². The highest BCUT2D eigenvalue weighted by molar-refractivity contribution is 5.79. The zero-order chi connectivity index (χ0) is 26.0. The number of nitrogens with two attached hydrogens (primary N) is 1. The molecule has 0 saturated heterocycles. The van der Waals surface area contributed by atoms with Gasteiger partial charge in [-0.3, -0.25) is 14.4 Å². The summed E-state index contributed by atoms with van der Waals surface area (Å²) in [7, 11) is 0. The van der Waals surface area contributed by atoms with Gasteiger partial charge in [0.2, 0.25) is 5.91 Å². The molecule has 0 fully saturated rings. The molecule has 0 aromatic carbocycles. The van der Waals surface area contributed by atoms with E-state index in [2.05, 4.69) is 5.32 Å². The van der Waals surface area contributed by atoms with Crippen LogP contribution in [0.15, 0.2) is 0 Å². The number of amides is 2. The van der Waals surface area contributed by atoms with Gasteiger partial charge in [0.1, 0.15) is 16.8 Å². The zero-order valence-electron chi connectivity index (χ0n) is 21.7. The quantitative estimate of drug-likeness (QED) is 0.365. The summed E-state index contributed by atoms with van der Waals surface area (Å²) in [4.78, 5) is 51.5. The van der Waals surface area contributed by atoms with Crippen molar-refractivity contribution in [3.63, 3.8) is 0 Å². The molecule has 0 unspecified atom stereocenters. The van der Waals surface area contributed by atoms with Crippen molar-refractivity contribution in [3.8, 4) is 0 Å². The minimum atomic E-state index is -0.924. The van der Waals surface area contributed by atoms with E-state index in [-0.39, 0.29) is 38.3 Å². The number of hydrogen-bond acceptors (Lipinski definition) is 8. The molecule has 2 amide bonds. The maximum atomic E-state index is 13.0. The Kier molecular flexibility index (Phi) is 11.9. The first-order valence-electron chi connectivity index (χ1n) is 11.2. The number of rotatable bonds is 10. The Balaban J connectivity index is 5.84. The summed E-state index contributed by atoms with van der Waals surface area (Å²) in [5, 5.41) is 2.63. The average molecular weight is 474 g/mol. The van der Waals surface area contributed by atoms with Gasteiger partial charge in [0.25, 0.3) is 0 Å². The molecule has 0 rings (SSSR count). The molecular weight excluding hydrogens is 430 g/mol. The fourth-order valence-electron chi connectivity index (χ4n) is 2.71. The topological polar surface area (TPSA) is 137 Å². The van der Waals surface area contributed by atoms with Crippen LogP contribution in [0.4, 0.5) is 4.79 Å². The third-order valence-corrected chi connectivity index (χ3v) is 3.76. The smallest absolute Gasteiger partial charge is 0.410 e. The van der Waals surface area contributed by atoms with Gasteiger partial charge >= 0.3 is 18.0 Å². The summed E-state index contributed by atoms with van der Waals surface area (Å²) in [5.41, 5.74) is 3.10. The summed E-state index contributed by atoms with van der Waals surface area (Å²) >= 11 is 0. The van der Waals surface area contributed by atoms with E-state index in [1.54, 1.807) is 62.3 Å². The largest absolute Gasteiger partial charge is 0.460 e. The molecule has 0 bridgehead atoms. The second kappa shape index (κ2) is 12.8. The first-order valence-corrected chi connectivity index (χ1v) is 11.2. The molecule has 10 heteroatoms. The van der Waals surface area contributed by atoms with E-state index in [0.717, 1.165) is 0 Å². The van der Waals surface area contributed by atoms with Crippen molar-refractivity contribution in [3.05, 3.63) is 0 Å². The number of hydrogen-bond donors (Lipinski definition) is 2. The minimum Gasteiger partial charge on any atom is -0.460 e. The lowest BCUT2D eigenvalue weighted by Gasteiger charge is -2.34. The van der Waals surface area contributed by atoms with Crippen LogP contribution in [0.3, 0.4) is 0 Å². The van der Waals surface area contributed by atoms with E-state index in [4.69, 9.17) is 19.9 Å². The number of esters is 2. The maximum absolute atomic E-state index is 13.0. The molecule has 0 atom stereocenters. The molecule has 192 valence electrons. The van der Waals surface area contributed by atoms with Crippen LogP contribution in [0.2, 0.25) is 0 Å². The number of carbonyl (C=O) groups is 4. The van der Waals surface area contributed by atoms with E-state index in [1.165, 1.54) is 4.90 Å². The van der Waals surface area contributed by atoms with Crippen LogP contribution in [0.5, 0.6) is 0 Å². The van der Waals surface area contributed by atoms with Crippen molar-refractivity contribution >= 4 is 23.9 Å². The van der Waals surface area contributed by atoms with E-state index in [1.807, 2.05) is 0 Å². The normalized spacial score (nSPS) is 12.2. The maximum Gasteiger partial charge on any atom is 0.410 e. The Morgan fingerprint density at radius 2 is 1.21 bits per heavy atom. The predicted molar refractivity (Wildman–Crippen MR) is 124 cm³/mol. The summed E-state index contributed by atoms with van der Waals surface area (Å²) < 4.78 is 16.3. The summed E-state index contributed by atoms with van der Waals surface area (Å²) in [5.74, 6) is -1.49. The average Bonchev–Trinajstić information content (AvgIpc) is 2.54. The highest BCUT2D eigenvalue weighted by Gasteiger charge is 2.34. The summed E-state index contributed by atoms with van der Waals surface area (Å²) in [6, 6.07) is -0.924. The number of nitrogens with zero attached hydrogens (tertiary/aromatic N) is 1. The molecule has 33 heavy (non-hydrogen) atoms. The Hall–Kier alpha value is -2.36. The van der Waals surface area contributed by atoms with Crippen molar-refractivity contribution in [2.75, 3.05) is 19.6 Å². The standard InChI is InChI=1S/C23H43N3O7/c1-21(2,3)31-18(28)14-16(15-19(29)32-22(4,5)6)26(20(30)33-23(7,8)9)13-10-17(27)25-12-11-24/h16H,10-15,24H2,1-9H3,(H,25,27). The molecule has 0 heterocycles. The Morgan fingerprint density at radius 3 is 1.58 bits per heavy atom. The molecule has 3 N–H and O–H groups in total. The Morgan fingerprint density at radius 1 is 0.788 bits per heavy atom. The van der Waals surface area contributed by atoms with Gasteiger partial charge in [-0.25, -0.2) is 4.79 Å².